The quantitative estimate of drug-likeness (QED) is 0.0935. The van der Waals surface area contributed by atoms with Gasteiger partial charge in [0.15, 0.2) is 0 Å². The molecule has 2 heterocycles. The van der Waals surface area contributed by atoms with E-state index in [9.17, 15) is 0 Å². The Kier molecular flexibility index (Phi) is 15.8. The summed E-state index contributed by atoms with van der Waals surface area (Å²) in [5.41, 5.74) is 0. The van der Waals surface area contributed by atoms with Gasteiger partial charge in [-0.3, -0.25) is 0 Å². The van der Waals surface area contributed by atoms with E-state index in [1.807, 2.05) is 6.26 Å². The summed E-state index contributed by atoms with van der Waals surface area (Å²) in [7, 11) is 0. The first-order valence-electron chi connectivity index (χ1n) is 15.9. The first kappa shape index (κ1) is 32.8. The third-order valence-electron chi connectivity index (χ3n) is 9.27. The van der Waals surface area contributed by atoms with Gasteiger partial charge in [-0.1, -0.05) is 0 Å². The molecule has 2 rings (SSSR count). The van der Waals surface area contributed by atoms with Crippen molar-refractivity contribution >= 4 is 36.8 Å². The molecule has 0 saturated carbocycles. The Balaban J connectivity index is 2.77. The van der Waals surface area contributed by atoms with E-state index in [4.69, 9.17) is 9.15 Å². The predicted molar refractivity (Wildman–Crippen MR) is 164 cm³/mol. The molecule has 208 valence electrons. The Bertz CT molecular complexity index is 636. The van der Waals surface area contributed by atoms with Crippen LogP contribution in [0.25, 0.3) is 0 Å². The number of furan rings is 1. The molecule has 0 bridgehead atoms. The average molecular weight is 714 g/mol. The minimum absolute atomic E-state index is 0.0434. The van der Waals surface area contributed by atoms with E-state index in [1.54, 1.807) is 26.6 Å². The van der Waals surface area contributed by atoms with Crippen LogP contribution >= 0.6 is 0 Å². The van der Waals surface area contributed by atoms with Crippen molar-refractivity contribution in [2.75, 3.05) is 0 Å². The van der Waals surface area contributed by atoms with Gasteiger partial charge in [0.05, 0.1) is 0 Å². The van der Waals surface area contributed by atoms with Crippen molar-refractivity contribution in [3.05, 3.63) is 36.3 Å². The van der Waals surface area contributed by atoms with Gasteiger partial charge < -0.3 is 0 Å². The molecule has 0 spiro atoms. The molecule has 1 aliphatic heterocycles. The maximum atomic E-state index is 7.79. The molecule has 4 heteroatoms. The summed E-state index contributed by atoms with van der Waals surface area (Å²) in [6.07, 6.45) is 23.7. The van der Waals surface area contributed by atoms with Crippen LogP contribution in [-0.2, 0) is 4.74 Å². The van der Waals surface area contributed by atoms with Crippen LogP contribution in [0, 0.1) is 0 Å². The first-order valence-corrected chi connectivity index (χ1v) is 30.9. The number of rotatable bonds is 21. The van der Waals surface area contributed by atoms with Crippen molar-refractivity contribution in [1.82, 2.24) is 0 Å². The number of hydrogen-bond donors (Lipinski definition) is 0. The molecule has 1 aliphatic rings. The van der Waals surface area contributed by atoms with Gasteiger partial charge in [0.1, 0.15) is 0 Å². The number of ether oxygens (including phenoxy) is 1. The van der Waals surface area contributed by atoms with E-state index in [1.165, 1.54) is 77.0 Å². The van der Waals surface area contributed by atoms with Crippen molar-refractivity contribution in [2.24, 2.45) is 0 Å². The molecule has 36 heavy (non-hydrogen) atoms. The Morgan fingerprint density at radius 1 is 0.639 bits per heavy atom. The van der Waals surface area contributed by atoms with Crippen LogP contribution in [0.4, 0.5) is 0 Å². The van der Waals surface area contributed by atoms with Gasteiger partial charge in [0.25, 0.3) is 0 Å². The van der Waals surface area contributed by atoms with Gasteiger partial charge in [0, 0.05) is 0 Å². The molecule has 2 nitrogen and oxygen atoms in total. The molecule has 1 aromatic heterocycles. The third kappa shape index (κ3) is 7.83. The fraction of sp³-hybridized carbons (Fsp3) is 0.812. The molecule has 1 unspecified atom stereocenters. The van der Waals surface area contributed by atoms with Gasteiger partial charge in [-0.25, -0.2) is 0 Å². The van der Waals surface area contributed by atoms with Crippen molar-refractivity contribution in [3.63, 3.8) is 0 Å². The van der Waals surface area contributed by atoms with Gasteiger partial charge >= 0.3 is 235 Å². The molecule has 0 N–H and O–H groups in total. The molecule has 1 atom stereocenters. The summed E-state index contributed by atoms with van der Waals surface area (Å²) in [6.45, 7) is 14.5. The number of hydrogen-bond acceptors (Lipinski definition) is 2. The average Bonchev–Trinajstić information content (AvgIpc) is 3.60. The normalized spacial score (nSPS) is 17.8. The fourth-order valence-corrected chi connectivity index (χ4v) is 79.3. The van der Waals surface area contributed by atoms with Crippen LogP contribution in [0.2, 0.25) is 26.6 Å². The molecule has 0 amide bonds. The zero-order valence-corrected chi connectivity index (χ0v) is 30.7. The van der Waals surface area contributed by atoms with Crippen molar-refractivity contribution < 1.29 is 9.15 Å². The monoisotopic (exact) mass is 716 g/mol. The second-order valence-electron chi connectivity index (χ2n) is 11.8. The fourth-order valence-electron chi connectivity index (χ4n) is 7.23. The van der Waals surface area contributed by atoms with Crippen molar-refractivity contribution in [1.29, 1.82) is 0 Å². The topological polar surface area (TPSA) is 22.4 Å². The van der Waals surface area contributed by atoms with Gasteiger partial charge in [-0.05, 0) is 0 Å². The van der Waals surface area contributed by atoms with Crippen LogP contribution in [-0.4, -0.2) is 38.4 Å². The molecular weight excluding hydrogens is 654 g/mol. The van der Waals surface area contributed by atoms with Crippen LogP contribution in [0.5, 0.6) is 0 Å². The molecule has 0 saturated heterocycles. The standard InChI is InChI=1S/C8H6O2.6C4H9.2Sn/c1-3-7(9-5-1)8-4-2-6-10-8;6*1-3-4-2;;/h1-5,8H;6*1,3-4H2,2H3;;. The van der Waals surface area contributed by atoms with Gasteiger partial charge in [-0.15, -0.1) is 0 Å². The zero-order chi connectivity index (χ0) is 26.3. The second kappa shape index (κ2) is 17.3. The van der Waals surface area contributed by atoms with Crippen molar-refractivity contribution in [2.45, 2.75) is 153 Å². The first-order chi connectivity index (χ1) is 17.5. The summed E-state index contributed by atoms with van der Waals surface area (Å²) in [6, 6.07) is 4.21. The van der Waals surface area contributed by atoms with Gasteiger partial charge in [-0.2, -0.15) is 0 Å². The minimum atomic E-state index is -2.82. The van der Waals surface area contributed by atoms with E-state index in [-0.39, 0.29) is 7.74 Å². The summed E-state index contributed by atoms with van der Waals surface area (Å²) >= 11 is -5.64. The Morgan fingerprint density at radius 3 is 1.33 bits per heavy atom. The van der Waals surface area contributed by atoms with Crippen molar-refractivity contribution in [3.8, 4) is 0 Å². The Labute approximate surface area is 233 Å². The summed E-state index contributed by atoms with van der Waals surface area (Å²) in [5, 5.41) is 0. The molecule has 0 aliphatic carbocycles. The zero-order valence-electron chi connectivity index (χ0n) is 25.0. The summed E-state index contributed by atoms with van der Waals surface area (Å²) in [4.78, 5) is 0. The van der Waals surface area contributed by atoms with Crippen LogP contribution in [0.15, 0.2) is 35.0 Å². The van der Waals surface area contributed by atoms with E-state index in [0.29, 0.717) is 0 Å². The SMILES string of the molecule is CCC[CH2][Sn]([CH2]CCC)([CH2]CCC)[C]1([Sn]([CH2]CCC)([CH2]CCC)[CH2]CCC)C=CC(c2ccco2)O1. The summed E-state index contributed by atoms with van der Waals surface area (Å²) < 4.78 is 23.2. The Hall–Kier alpha value is 0.577. The number of unbranched alkanes of at least 4 members (excludes halogenated alkanes) is 6. The van der Waals surface area contributed by atoms with E-state index in [0.717, 1.165) is 5.76 Å². The summed E-state index contributed by atoms with van der Waals surface area (Å²) in [5.74, 6) is 1.04. The molecule has 0 aromatic carbocycles. The maximum absolute atomic E-state index is 7.79. The van der Waals surface area contributed by atoms with Gasteiger partial charge in [0.2, 0.25) is 0 Å². The van der Waals surface area contributed by atoms with E-state index >= 15 is 0 Å². The molecule has 0 fully saturated rings. The predicted octanol–water partition coefficient (Wildman–Crippen LogP) is 11.4. The van der Waals surface area contributed by atoms with Crippen LogP contribution in [0.3, 0.4) is 0 Å². The third-order valence-corrected chi connectivity index (χ3v) is 62.6. The molecule has 0 radical (unpaired) electrons. The van der Waals surface area contributed by atoms with E-state index < -0.39 is 36.8 Å². The molecular formula is C32H60O2Sn2. The van der Waals surface area contributed by atoms with Crippen LogP contribution in [0.1, 0.15) is 130 Å². The Morgan fingerprint density at radius 2 is 1.03 bits per heavy atom. The second-order valence-corrected chi connectivity index (χ2v) is 43.3. The van der Waals surface area contributed by atoms with E-state index in [2.05, 4.69) is 65.8 Å². The van der Waals surface area contributed by atoms with Crippen LogP contribution < -0.4 is 0 Å². The molecule has 1 aromatic rings.